The number of fused-ring (bicyclic) bond motifs is 2. The Bertz CT molecular complexity index is 288. The zero-order valence-corrected chi connectivity index (χ0v) is 8.29. The minimum Gasteiger partial charge on any atom is -0.258 e. The van der Waals surface area contributed by atoms with E-state index in [1.165, 1.54) is 19.3 Å². The van der Waals surface area contributed by atoms with Crippen LogP contribution in [0.5, 0.6) is 0 Å². The molecule has 2 bridgehead atoms. The van der Waals surface area contributed by atoms with E-state index in [4.69, 9.17) is 5.14 Å². The zero-order chi connectivity index (χ0) is 9.47. The van der Waals surface area contributed by atoms with Crippen molar-refractivity contribution in [3.63, 3.8) is 0 Å². The molecular weight excluding hydrogens is 190 g/mol. The monoisotopic (exact) mass is 205 g/mol. The van der Waals surface area contributed by atoms with Crippen molar-refractivity contribution in [1.29, 1.82) is 0 Å². The van der Waals surface area contributed by atoms with E-state index in [1.807, 2.05) is 0 Å². The third-order valence-corrected chi connectivity index (χ3v) is 3.80. The van der Waals surface area contributed by atoms with Crippen molar-refractivity contribution in [2.75, 3.05) is 6.61 Å². The van der Waals surface area contributed by atoms with Crippen molar-refractivity contribution in [3.05, 3.63) is 0 Å². The smallest absolute Gasteiger partial charge is 0.258 e. The molecule has 3 unspecified atom stereocenters. The first kappa shape index (κ1) is 9.43. The lowest BCUT2D eigenvalue weighted by Gasteiger charge is -2.20. The Morgan fingerprint density at radius 2 is 2.08 bits per heavy atom. The molecule has 2 aliphatic carbocycles. The van der Waals surface area contributed by atoms with Gasteiger partial charge in [0.25, 0.3) is 0 Å². The standard InChI is InChI=1S/C8H15NO3S/c9-13(10,11)12-5-8-4-6-1-2-7(8)3-6/h6-8H,1-5H2,(H2,9,10,11). The molecule has 0 amide bonds. The van der Waals surface area contributed by atoms with E-state index in [-0.39, 0.29) is 0 Å². The van der Waals surface area contributed by atoms with Gasteiger partial charge in [0, 0.05) is 0 Å². The van der Waals surface area contributed by atoms with Gasteiger partial charge in [-0.2, -0.15) is 8.42 Å². The Hall–Kier alpha value is -0.130. The molecule has 2 rings (SSSR count). The molecule has 0 saturated heterocycles. The van der Waals surface area contributed by atoms with E-state index >= 15 is 0 Å². The van der Waals surface area contributed by atoms with Crippen LogP contribution in [0.25, 0.3) is 0 Å². The summed E-state index contributed by atoms with van der Waals surface area (Å²) in [4.78, 5) is 0. The van der Waals surface area contributed by atoms with Gasteiger partial charge in [-0.25, -0.2) is 5.14 Å². The molecule has 2 aliphatic rings. The summed E-state index contributed by atoms with van der Waals surface area (Å²) >= 11 is 0. The highest BCUT2D eigenvalue weighted by Crippen LogP contribution is 2.48. The summed E-state index contributed by atoms with van der Waals surface area (Å²) in [6.07, 6.45) is 4.94. The van der Waals surface area contributed by atoms with E-state index in [0.29, 0.717) is 18.4 Å². The second-order valence-electron chi connectivity index (χ2n) is 4.21. The largest absolute Gasteiger partial charge is 0.333 e. The van der Waals surface area contributed by atoms with Crippen LogP contribution in [-0.2, 0) is 14.5 Å². The summed E-state index contributed by atoms with van der Waals surface area (Å²) in [5.41, 5.74) is 0. The first-order valence-corrected chi connectivity index (χ1v) is 6.19. The molecule has 4 nitrogen and oxygen atoms in total. The lowest BCUT2D eigenvalue weighted by Crippen LogP contribution is -2.23. The average molecular weight is 205 g/mol. The van der Waals surface area contributed by atoms with Gasteiger partial charge in [0.15, 0.2) is 0 Å². The van der Waals surface area contributed by atoms with Crippen molar-refractivity contribution >= 4 is 10.3 Å². The van der Waals surface area contributed by atoms with Crippen LogP contribution in [0, 0.1) is 17.8 Å². The lowest BCUT2D eigenvalue weighted by molar-refractivity contribution is 0.200. The fourth-order valence-corrected chi connectivity index (χ4v) is 3.13. The summed E-state index contributed by atoms with van der Waals surface area (Å²) in [5, 5.41) is 4.76. The van der Waals surface area contributed by atoms with Gasteiger partial charge in [-0.1, -0.05) is 6.42 Å². The van der Waals surface area contributed by atoms with Gasteiger partial charge in [-0.05, 0) is 37.0 Å². The zero-order valence-electron chi connectivity index (χ0n) is 7.48. The maximum atomic E-state index is 10.5. The SMILES string of the molecule is NS(=O)(=O)OCC1CC2CCC1C2. The molecule has 76 valence electrons. The second-order valence-corrected chi connectivity index (χ2v) is 5.43. The fourth-order valence-electron chi connectivity index (χ4n) is 2.76. The normalized spacial score (nSPS) is 38.4. The second kappa shape index (κ2) is 3.22. The number of hydrogen-bond acceptors (Lipinski definition) is 3. The number of rotatable bonds is 3. The molecule has 3 atom stereocenters. The van der Waals surface area contributed by atoms with Crippen LogP contribution in [0.1, 0.15) is 25.7 Å². The molecule has 5 heteroatoms. The van der Waals surface area contributed by atoms with Gasteiger partial charge in [-0.3, -0.25) is 4.18 Å². The summed E-state index contributed by atoms with van der Waals surface area (Å²) in [7, 11) is -3.73. The van der Waals surface area contributed by atoms with Crippen LogP contribution in [-0.4, -0.2) is 15.0 Å². The molecule has 2 N–H and O–H groups in total. The lowest BCUT2D eigenvalue weighted by atomic mass is 9.90. The highest BCUT2D eigenvalue weighted by atomic mass is 32.2. The molecular formula is C8H15NO3S. The Morgan fingerprint density at radius 1 is 1.31 bits per heavy atom. The van der Waals surface area contributed by atoms with Gasteiger partial charge in [-0.15, -0.1) is 0 Å². The van der Waals surface area contributed by atoms with Crippen molar-refractivity contribution in [2.24, 2.45) is 22.9 Å². The maximum Gasteiger partial charge on any atom is 0.333 e. The van der Waals surface area contributed by atoms with Crippen LogP contribution < -0.4 is 5.14 Å². The maximum absolute atomic E-state index is 10.5. The van der Waals surface area contributed by atoms with Gasteiger partial charge in [0.1, 0.15) is 0 Å². The van der Waals surface area contributed by atoms with Crippen LogP contribution in [0.2, 0.25) is 0 Å². The van der Waals surface area contributed by atoms with Crippen molar-refractivity contribution in [1.82, 2.24) is 0 Å². The van der Waals surface area contributed by atoms with Crippen LogP contribution in [0.4, 0.5) is 0 Å². The van der Waals surface area contributed by atoms with Crippen LogP contribution in [0.15, 0.2) is 0 Å². The molecule has 2 saturated carbocycles. The molecule has 13 heavy (non-hydrogen) atoms. The van der Waals surface area contributed by atoms with E-state index in [2.05, 4.69) is 4.18 Å². The summed E-state index contributed by atoms with van der Waals surface area (Å²) in [6.45, 7) is 0.292. The molecule has 0 aromatic rings. The van der Waals surface area contributed by atoms with Gasteiger partial charge < -0.3 is 0 Å². The number of nitrogens with two attached hydrogens (primary N) is 1. The minimum atomic E-state index is -3.73. The van der Waals surface area contributed by atoms with Crippen molar-refractivity contribution in [2.45, 2.75) is 25.7 Å². The molecule has 0 aromatic heterocycles. The molecule has 0 aliphatic heterocycles. The highest BCUT2D eigenvalue weighted by molar-refractivity contribution is 7.84. The van der Waals surface area contributed by atoms with E-state index < -0.39 is 10.3 Å². The molecule has 2 fully saturated rings. The first-order valence-electron chi connectivity index (χ1n) is 4.72. The quantitative estimate of drug-likeness (QED) is 0.735. The number of hydrogen-bond donors (Lipinski definition) is 1. The summed E-state index contributed by atoms with van der Waals surface area (Å²) in [5.74, 6) is 1.93. The van der Waals surface area contributed by atoms with Crippen molar-refractivity contribution in [3.8, 4) is 0 Å². The third-order valence-electron chi connectivity index (χ3n) is 3.33. The Morgan fingerprint density at radius 3 is 2.54 bits per heavy atom. The average Bonchev–Trinajstić information content (AvgIpc) is 2.58. The molecule has 0 spiro atoms. The van der Waals surface area contributed by atoms with Gasteiger partial charge in [0.2, 0.25) is 0 Å². The fraction of sp³-hybridized carbons (Fsp3) is 1.00. The molecule has 0 radical (unpaired) electrons. The third kappa shape index (κ3) is 2.21. The van der Waals surface area contributed by atoms with Crippen molar-refractivity contribution < 1.29 is 12.6 Å². The van der Waals surface area contributed by atoms with Crippen LogP contribution in [0.3, 0.4) is 0 Å². The molecule has 0 aromatic carbocycles. The topological polar surface area (TPSA) is 69.4 Å². The van der Waals surface area contributed by atoms with Crippen LogP contribution >= 0.6 is 0 Å². The predicted molar refractivity (Wildman–Crippen MR) is 48.0 cm³/mol. The van der Waals surface area contributed by atoms with E-state index in [1.54, 1.807) is 0 Å². The Labute approximate surface area is 78.7 Å². The Balaban J connectivity index is 1.84. The van der Waals surface area contributed by atoms with E-state index in [0.717, 1.165) is 12.3 Å². The minimum absolute atomic E-state index is 0.292. The molecule has 0 heterocycles. The first-order chi connectivity index (χ1) is 6.04. The summed E-state index contributed by atoms with van der Waals surface area (Å²) in [6, 6.07) is 0. The predicted octanol–water partition coefficient (Wildman–Crippen LogP) is 0.643. The summed E-state index contributed by atoms with van der Waals surface area (Å²) < 4.78 is 25.7. The van der Waals surface area contributed by atoms with Gasteiger partial charge in [0.05, 0.1) is 6.61 Å². The van der Waals surface area contributed by atoms with Gasteiger partial charge >= 0.3 is 10.3 Å². The highest BCUT2D eigenvalue weighted by Gasteiger charge is 2.39. The van der Waals surface area contributed by atoms with E-state index in [9.17, 15) is 8.42 Å². The Kier molecular flexibility index (Phi) is 2.33.